The van der Waals surface area contributed by atoms with Gasteiger partial charge in [-0.25, -0.2) is 17.6 Å². The predicted octanol–water partition coefficient (Wildman–Crippen LogP) is 2.27. The molecule has 0 unspecified atom stereocenters. The highest BCUT2D eigenvalue weighted by atomic mass is 32.2. The molecule has 2 aliphatic heterocycles. The zero-order valence-corrected chi connectivity index (χ0v) is 20.0. The molecule has 0 spiro atoms. The zero-order valence-electron chi connectivity index (χ0n) is 19.2. The first-order valence-electron chi connectivity index (χ1n) is 10.8. The molecule has 180 valence electrons. The average Bonchev–Trinajstić information content (AvgIpc) is 3.26. The van der Waals surface area contributed by atoms with Crippen LogP contribution in [0.5, 0.6) is 0 Å². The maximum absolute atomic E-state index is 14.8. The molecular weight excluding hydrogens is 461 g/mol. The third-order valence-corrected chi connectivity index (χ3v) is 8.64. The van der Waals surface area contributed by atoms with E-state index in [9.17, 15) is 27.5 Å². The summed E-state index contributed by atoms with van der Waals surface area (Å²) in [6.45, 7) is 3.12. The lowest BCUT2D eigenvalue weighted by molar-refractivity contribution is -0.139. The van der Waals surface area contributed by atoms with Crippen LogP contribution in [0.3, 0.4) is 0 Å². The first kappa shape index (κ1) is 24.0. The number of carbonyl (C=O) groups excluding carboxylic acids is 1. The van der Waals surface area contributed by atoms with Gasteiger partial charge >= 0.3 is 12.0 Å². The van der Waals surface area contributed by atoms with Crippen LogP contribution in [0.1, 0.15) is 24.6 Å². The van der Waals surface area contributed by atoms with Gasteiger partial charge in [0.15, 0.2) is 14.6 Å². The summed E-state index contributed by atoms with van der Waals surface area (Å²) in [5.41, 5.74) is 2.11. The molecule has 8 nitrogen and oxygen atoms in total. The summed E-state index contributed by atoms with van der Waals surface area (Å²) in [5, 5.41) is 9.40. The highest BCUT2D eigenvalue weighted by Crippen LogP contribution is 2.30. The number of fused-ring (bicyclic) bond motifs is 1. The molecule has 34 heavy (non-hydrogen) atoms. The number of rotatable bonds is 6. The van der Waals surface area contributed by atoms with Gasteiger partial charge in [-0.05, 0) is 38.6 Å². The number of halogens is 1. The van der Waals surface area contributed by atoms with Crippen LogP contribution in [0.25, 0.3) is 11.1 Å². The summed E-state index contributed by atoms with van der Waals surface area (Å²) in [6.07, 6.45) is 2.18. The molecule has 1 amide bonds. The molecule has 2 aliphatic rings. The fraction of sp³-hybridized carbons (Fsp3) is 0.417. The number of hydrogen-bond donors (Lipinski definition) is 1. The van der Waals surface area contributed by atoms with Crippen molar-refractivity contribution in [3.05, 3.63) is 47.5 Å². The fourth-order valence-corrected chi connectivity index (χ4v) is 4.93. The topological polar surface area (TPSA) is 99.9 Å². The predicted molar refractivity (Wildman–Crippen MR) is 124 cm³/mol. The second kappa shape index (κ2) is 8.56. The average molecular weight is 488 g/mol. The third-order valence-electron chi connectivity index (χ3n) is 6.62. The Morgan fingerprint density at radius 3 is 2.56 bits per heavy atom. The minimum atomic E-state index is -3.89. The molecule has 1 saturated heterocycles. The number of benzene rings is 1. The van der Waals surface area contributed by atoms with E-state index in [4.69, 9.17) is 0 Å². The second-order valence-corrected chi connectivity index (χ2v) is 11.7. The van der Waals surface area contributed by atoms with Crippen LogP contribution in [0.15, 0.2) is 30.5 Å². The first-order chi connectivity index (χ1) is 15.9. The van der Waals surface area contributed by atoms with Crippen molar-refractivity contribution in [3.8, 4) is 23.0 Å². The van der Waals surface area contributed by atoms with Gasteiger partial charge in [-0.15, -0.1) is 0 Å². The summed E-state index contributed by atoms with van der Waals surface area (Å²) in [6, 6.07) is 6.08. The summed E-state index contributed by atoms with van der Waals surface area (Å²) in [5.74, 6) is 4.58. The van der Waals surface area contributed by atoms with Gasteiger partial charge in [-0.1, -0.05) is 17.9 Å². The lowest BCUT2D eigenvalue weighted by Gasteiger charge is -2.32. The third kappa shape index (κ3) is 4.33. The van der Waals surface area contributed by atoms with Crippen molar-refractivity contribution >= 4 is 21.8 Å². The Morgan fingerprint density at radius 1 is 1.29 bits per heavy atom. The number of carboxylic acid groups (broad SMARTS) is 1. The van der Waals surface area contributed by atoms with E-state index in [2.05, 4.69) is 16.7 Å². The van der Waals surface area contributed by atoms with Crippen LogP contribution in [0.4, 0.5) is 9.18 Å². The van der Waals surface area contributed by atoms with Gasteiger partial charge in [0, 0.05) is 60.4 Å². The minimum Gasteiger partial charge on any atom is -0.480 e. The van der Waals surface area contributed by atoms with Crippen molar-refractivity contribution in [2.75, 3.05) is 32.9 Å². The van der Waals surface area contributed by atoms with E-state index < -0.39 is 32.4 Å². The number of carboxylic acids is 1. The smallest absolute Gasteiger partial charge is 0.328 e. The van der Waals surface area contributed by atoms with Gasteiger partial charge in [0.05, 0.1) is 6.54 Å². The van der Waals surface area contributed by atoms with Crippen molar-refractivity contribution < 1.29 is 27.5 Å². The SMILES string of the molecule is CN1CC(C#Cc2ccc(-c3cc4n(c3)C(=O)N(CC[C@](C)(C(=O)O)S(C)(=O)=O)C4)c(F)c2)C1. The van der Waals surface area contributed by atoms with Crippen LogP contribution in [0.2, 0.25) is 0 Å². The maximum Gasteiger partial charge on any atom is 0.328 e. The summed E-state index contributed by atoms with van der Waals surface area (Å²) in [7, 11) is -1.86. The van der Waals surface area contributed by atoms with E-state index in [1.165, 1.54) is 15.5 Å². The molecule has 4 rings (SSSR count). The monoisotopic (exact) mass is 487 g/mol. The van der Waals surface area contributed by atoms with Crippen LogP contribution in [-0.4, -0.2) is 77.6 Å². The Kier molecular flexibility index (Phi) is 6.04. The number of hydrogen-bond acceptors (Lipinski definition) is 5. The molecule has 0 radical (unpaired) electrons. The van der Waals surface area contributed by atoms with Crippen LogP contribution in [0, 0.1) is 23.6 Å². The van der Waals surface area contributed by atoms with Crippen LogP contribution < -0.4 is 0 Å². The van der Waals surface area contributed by atoms with Gasteiger partial charge in [-0.3, -0.25) is 9.36 Å². The Morgan fingerprint density at radius 2 is 2.00 bits per heavy atom. The number of aliphatic carboxylic acids is 1. The Hall–Kier alpha value is -3.16. The number of nitrogens with zero attached hydrogens (tertiary/aromatic N) is 3. The standard InChI is InChI=1S/C24H26FN3O5S/c1-24(22(29)30,34(3,32)33)8-9-27-15-19-11-18(14-28(19)23(27)31)20-7-6-16(10-21(20)25)4-5-17-12-26(2)13-17/h6-7,10-11,14,17H,8-9,12-13,15H2,1-3H3,(H,29,30)/t24-/m1/s1. The van der Waals surface area contributed by atoms with Gasteiger partial charge in [0.1, 0.15) is 5.82 Å². The normalized spacial score (nSPS) is 18.1. The van der Waals surface area contributed by atoms with E-state index in [0.29, 0.717) is 28.3 Å². The van der Waals surface area contributed by atoms with Gasteiger partial charge < -0.3 is 14.9 Å². The molecule has 0 bridgehead atoms. The summed E-state index contributed by atoms with van der Waals surface area (Å²) in [4.78, 5) is 27.9. The molecule has 0 saturated carbocycles. The lowest BCUT2D eigenvalue weighted by Crippen LogP contribution is -2.45. The second-order valence-electron chi connectivity index (χ2n) is 9.23. The highest BCUT2D eigenvalue weighted by Gasteiger charge is 2.44. The van der Waals surface area contributed by atoms with E-state index in [0.717, 1.165) is 26.3 Å². The highest BCUT2D eigenvalue weighted by molar-refractivity contribution is 7.92. The van der Waals surface area contributed by atoms with Crippen molar-refractivity contribution in [3.63, 3.8) is 0 Å². The maximum atomic E-state index is 14.8. The Labute approximate surface area is 197 Å². The van der Waals surface area contributed by atoms with Crippen molar-refractivity contribution in [1.82, 2.24) is 14.4 Å². The quantitative estimate of drug-likeness (QED) is 0.628. The van der Waals surface area contributed by atoms with Crippen molar-refractivity contribution in [2.45, 2.75) is 24.6 Å². The van der Waals surface area contributed by atoms with E-state index in [-0.39, 0.29) is 19.5 Å². The molecule has 1 aromatic heterocycles. The van der Waals surface area contributed by atoms with E-state index >= 15 is 0 Å². The van der Waals surface area contributed by atoms with Gasteiger partial charge in [0.25, 0.3) is 0 Å². The molecule has 3 heterocycles. The first-order valence-corrected chi connectivity index (χ1v) is 12.7. The lowest BCUT2D eigenvalue weighted by atomic mass is 10.0. The number of sulfone groups is 1. The molecule has 1 aromatic carbocycles. The van der Waals surface area contributed by atoms with E-state index in [1.807, 2.05) is 7.05 Å². The minimum absolute atomic E-state index is 0.0375. The Balaban J connectivity index is 1.46. The molecule has 10 heteroatoms. The number of aromatic nitrogens is 1. The number of carbonyl (C=O) groups is 2. The molecule has 1 N–H and O–H groups in total. The Bertz CT molecular complexity index is 1330. The van der Waals surface area contributed by atoms with Crippen LogP contribution >= 0.6 is 0 Å². The summed E-state index contributed by atoms with van der Waals surface area (Å²) >= 11 is 0. The molecule has 1 atom stereocenters. The van der Waals surface area contributed by atoms with Crippen molar-refractivity contribution in [1.29, 1.82) is 0 Å². The number of amides is 1. The van der Waals surface area contributed by atoms with Gasteiger partial charge in [-0.2, -0.15) is 0 Å². The summed E-state index contributed by atoms with van der Waals surface area (Å²) < 4.78 is 38.1. The number of likely N-dealkylation sites (tertiary alicyclic amines) is 1. The molecule has 2 aromatic rings. The molecule has 0 aliphatic carbocycles. The van der Waals surface area contributed by atoms with Gasteiger partial charge in [0.2, 0.25) is 0 Å². The molecular formula is C24H26FN3O5S. The van der Waals surface area contributed by atoms with Crippen molar-refractivity contribution in [2.24, 2.45) is 5.92 Å². The zero-order chi connectivity index (χ0) is 24.8. The van der Waals surface area contributed by atoms with E-state index in [1.54, 1.807) is 24.4 Å². The largest absolute Gasteiger partial charge is 0.480 e. The van der Waals surface area contributed by atoms with Crippen LogP contribution in [-0.2, 0) is 21.2 Å². The fourth-order valence-electron chi connectivity index (χ4n) is 4.15. The molecule has 1 fully saturated rings.